The highest BCUT2D eigenvalue weighted by molar-refractivity contribution is 9.10. The molecule has 2 rings (SSSR count). The highest BCUT2D eigenvalue weighted by Crippen LogP contribution is 2.37. The molecule has 1 aromatic rings. The van der Waals surface area contributed by atoms with Crippen molar-refractivity contribution in [2.45, 2.75) is 45.2 Å². The first-order valence-corrected chi connectivity index (χ1v) is 8.60. The van der Waals surface area contributed by atoms with Crippen LogP contribution >= 0.6 is 27.5 Å². The first-order valence-electron chi connectivity index (χ1n) is 7.43. The Kier molecular flexibility index (Phi) is 5.91. The van der Waals surface area contributed by atoms with Gasteiger partial charge in [0.1, 0.15) is 0 Å². The molecule has 0 amide bonds. The molecule has 0 radical (unpaired) electrons. The number of benzene rings is 1. The molecule has 1 aliphatic carbocycles. The Morgan fingerprint density at radius 1 is 1.40 bits per heavy atom. The summed E-state index contributed by atoms with van der Waals surface area (Å²) in [5.74, 6) is 0.720. The van der Waals surface area contributed by atoms with Gasteiger partial charge in [0.25, 0.3) is 0 Å². The highest BCUT2D eigenvalue weighted by atomic mass is 79.9. The van der Waals surface area contributed by atoms with Crippen molar-refractivity contribution >= 4 is 27.5 Å². The summed E-state index contributed by atoms with van der Waals surface area (Å²) in [6, 6.07) is 6.95. The van der Waals surface area contributed by atoms with Gasteiger partial charge in [0.2, 0.25) is 0 Å². The van der Waals surface area contributed by atoms with E-state index in [4.69, 9.17) is 17.3 Å². The molecular weight excluding hydrogens is 336 g/mol. The van der Waals surface area contributed by atoms with Crippen molar-refractivity contribution in [2.24, 2.45) is 11.7 Å². The summed E-state index contributed by atoms with van der Waals surface area (Å²) in [6.45, 7) is 6.30. The number of halogens is 2. The molecule has 0 bridgehead atoms. The molecule has 1 aliphatic rings. The second-order valence-corrected chi connectivity index (χ2v) is 7.36. The third-order valence-electron chi connectivity index (χ3n) is 3.92. The normalized spacial score (nSPS) is 16.9. The van der Waals surface area contributed by atoms with Crippen molar-refractivity contribution in [3.8, 4) is 0 Å². The molecule has 1 atom stereocenters. The highest BCUT2D eigenvalue weighted by Gasteiger charge is 2.34. The van der Waals surface area contributed by atoms with Crippen molar-refractivity contribution in [3.63, 3.8) is 0 Å². The summed E-state index contributed by atoms with van der Waals surface area (Å²) >= 11 is 9.81. The van der Waals surface area contributed by atoms with Crippen LogP contribution in [-0.4, -0.2) is 24.0 Å². The van der Waals surface area contributed by atoms with Crippen molar-refractivity contribution < 1.29 is 0 Å². The van der Waals surface area contributed by atoms with Crippen LogP contribution in [0.3, 0.4) is 0 Å². The number of hydrogen-bond acceptors (Lipinski definition) is 2. The van der Waals surface area contributed by atoms with Crippen LogP contribution in [0.4, 0.5) is 0 Å². The molecule has 0 aliphatic heterocycles. The SMILES string of the molecule is CC(C)CCN(C1CC1)C(CN)c1cc(Cl)ccc1Br. The van der Waals surface area contributed by atoms with Crippen LogP contribution in [0.2, 0.25) is 5.02 Å². The van der Waals surface area contributed by atoms with Gasteiger partial charge in [-0.2, -0.15) is 0 Å². The van der Waals surface area contributed by atoms with E-state index in [0.29, 0.717) is 12.6 Å². The predicted octanol–water partition coefficient (Wildman–Crippen LogP) is 4.61. The summed E-state index contributed by atoms with van der Waals surface area (Å²) < 4.78 is 1.10. The molecule has 20 heavy (non-hydrogen) atoms. The number of rotatable bonds is 7. The predicted molar refractivity (Wildman–Crippen MR) is 90.1 cm³/mol. The van der Waals surface area contributed by atoms with Gasteiger partial charge >= 0.3 is 0 Å². The van der Waals surface area contributed by atoms with Gasteiger partial charge in [-0.3, -0.25) is 4.90 Å². The molecule has 1 fully saturated rings. The second kappa shape index (κ2) is 7.26. The lowest BCUT2D eigenvalue weighted by Crippen LogP contribution is -2.37. The lowest BCUT2D eigenvalue weighted by atomic mass is 10.0. The second-order valence-electron chi connectivity index (χ2n) is 6.07. The topological polar surface area (TPSA) is 29.3 Å². The van der Waals surface area contributed by atoms with Gasteiger partial charge in [0.05, 0.1) is 0 Å². The van der Waals surface area contributed by atoms with E-state index in [-0.39, 0.29) is 6.04 Å². The van der Waals surface area contributed by atoms with E-state index in [1.165, 1.54) is 24.8 Å². The van der Waals surface area contributed by atoms with E-state index in [2.05, 4.69) is 34.7 Å². The molecule has 2 N–H and O–H groups in total. The van der Waals surface area contributed by atoms with Crippen LogP contribution in [0.1, 0.15) is 44.7 Å². The quantitative estimate of drug-likeness (QED) is 0.770. The molecule has 4 heteroatoms. The van der Waals surface area contributed by atoms with Gasteiger partial charge in [-0.1, -0.05) is 41.4 Å². The minimum Gasteiger partial charge on any atom is -0.329 e. The van der Waals surface area contributed by atoms with Gasteiger partial charge in [-0.15, -0.1) is 0 Å². The van der Waals surface area contributed by atoms with Gasteiger partial charge in [0.15, 0.2) is 0 Å². The lowest BCUT2D eigenvalue weighted by molar-refractivity contribution is 0.180. The van der Waals surface area contributed by atoms with Crippen LogP contribution in [0, 0.1) is 5.92 Å². The van der Waals surface area contributed by atoms with Crippen LogP contribution in [0.15, 0.2) is 22.7 Å². The van der Waals surface area contributed by atoms with E-state index in [9.17, 15) is 0 Å². The summed E-state index contributed by atoms with van der Waals surface area (Å²) in [6.07, 6.45) is 3.81. The van der Waals surface area contributed by atoms with Gasteiger partial charge in [0, 0.05) is 28.1 Å². The molecule has 0 spiro atoms. The third-order valence-corrected chi connectivity index (χ3v) is 4.88. The van der Waals surface area contributed by atoms with Crippen molar-refractivity contribution in [2.75, 3.05) is 13.1 Å². The fourth-order valence-electron chi connectivity index (χ4n) is 2.62. The molecule has 0 saturated heterocycles. The Hall–Kier alpha value is -0.0900. The fourth-order valence-corrected chi connectivity index (χ4v) is 3.31. The van der Waals surface area contributed by atoms with Gasteiger partial charge in [-0.25, -0.2) is 0 Å². The van der Waals surface area contributed by atoms with Gasteiger partial charge < -0.3 is 5.73 Å². The fraction of sp³-hybridized carbons (Fsp3) is 0.625. The first-order chi connectivity index (χ1) is 9.52. The monoisotopic (exact) mass is 358 g/mol. The zero-order chi connectivity index (χ0) is 14.7. The molecule has 1 aromatic carbocycles. The van der Waals surface area contributed by atoms with E-state index < -0.39 is 0 Å². The lowest BCUT2D eigenvalue weighted by Gasteiger charge is -2.32. The Morgan fingerprint density at radius 3 is 2.65 bits per heavy atom. The van der Waals surface area contributed by atoms with Gasteiger partial charge in [-0.05, 0) is 55.5 Å². The molecule has 0 heterocycles. The zero-order valence-corrected chi connectivity index (χ0v) is 14.6. The Morgan fingerprint density at radius 2 is 2.10 bits per heavy atom. The molecular formula is C16H24BrClN2. The van der Waals surface area contributed by atoms with Crippen LogP contribution in [0.25, 0.3) is 0 Å². The average Bonchev–Trinajstić information content (AvgIpc) is 3.22. The van der Waals surface area contributed by atoms with Crippen molar-refractivity contribution in [3.05, 3.63) is 33.3 Å². The van der Waals surface area contributed by atoms with E-state index in [1.807, 2.05) is 18.2 Å². The van der Waals surface area contributed by atoms with E-state index >= 15 is 0 Å². The standard InChI is InChI=1S/C16H24BrClN2/c1-11(2)7-8-20(13-4-5-13)16(10-19)14-9-12(18)3-6-15(14)17/h3,6,9,11,13,16H,4-5,7-8,10,19H2,1-2H3. The third kappa shape index (κ3) is 4.20. The summed E-state index contributed by atoms with van der Waals surface area (Å²) in [4.78, 5) is 2.58. The smallest absolute Gasteiger partial charge is 0.0485 e. The Balaban J connectivity index is 2.21. The largest absolute Gasteiger partial charge is 0.329 e. The van der Waals surface area contributed by atoms with E-state index in [0.717, 1.165) is 22.0 Å². The summed E-state index contributed by atoms with van der Waals surface area (Å²) in [5, 5.41) is 0.779. The summed E-state index contributed by atoms with van der Waals surface area (Å²) in [7, 11) is 0. The van der Waals surface area contributed by atoms with Crippen LogP contribution in [0.5, 0.6) is 0 Å². The summed E-state index contributed by atoms with van der Waals surface area (Å²) in [5.41, 5.74) is 7.31. The minimum atomic E-state index is 0.259. The maximum atomic E-state index is 6.17. The molecule has 0 aromatic heterocycles. The molecule has 1 unspecified atom stereocenters. The van der Waals surface area contributed by atoms with E-state index in [1.54, 1.807) is 0 Å². The zero-order valence-electron chi connectivity index (χ0n) is 12.3. The number of hydrogen-bond donors (Lipinski definition) is 1. The molecule has 1 saturated carbocycles. The van der Waals surface area contributed by atoms with Crippen LogP contribution < -0.4 is 5.73 Å². The van der Waals surface area contributed by atoms with Crippen molar-refractivity contribution in [1.82, 2.24) is 4.90 Å². The molecule has 112 valence electrons. The first kappa shape index (κ1) is 16.3. The maximum absolute atomic E-state index is 6.17. The maximum Gasteiger partial charge on any atom is 0.0485 e. The molecule has 2 nitrogen and oxygen atoms in total. The number of nitrogens with two attached hydrogens (primary N) is 1. The Bertz CT molecular complexity index is 446. The average molecular weight is 360 g/mol. The van der Waals surface area contributed by atoms with Crippen LogP contribution in [-0.2, 0) is 0 Å². The number of nitrogens with zero attached hydrogens (tertiary/aromatic N) is 1. The Labute approximate surface area is 135 Å². The minimum absolute atomic E-state index is 0.259. The van der Waals surface area contributed by atoms with Crippen molar-refractivity contribution in [1.29, 1.82) is 0 Å².